The molecule has 2 aromatic heterocycles. The molecule has 23 heavy (non-hydrogen) atoms. The molecule has 3 aromatic rings. The molecular formula is C18H16FN3O. The molecular weight excluding hydrogens is 293 g/mol. The number of benzene rings is 1. The second-order valence-electron chi connectivity index (χ2n) is 5.46. The van der Waals surface area contributed by atoms with Crippen LogP contribution >= 0.6 is 0 Å². The maximum absolute atomic E-state index is 13.4. The minimum atomic E-state index is -0.366. The van der Waals surface area contributed by atoms with Gasteiger partial charge in [0.25, 0.3) is 5.91 Å². The van der Waals surface area contributed by atoms with E-state index in [2.05, 4.69) is 15.3 Å². The number of carbonyl (C=O) groups excluding carboxylic acids is 1. The molecule has 1 amide bonds. The average Bonchev–Trinajstić information content (AvgIpc) is 2.52. The van der Waals surface area contributed by atoms with Crippen molar-refractivity contribution < 1.29 is 9.18 Å². The van der Waals surface area contributed by atoms with Gasteiger partial charge in [0.05, 0.1) is 11.1 Å². The topological polar surface area (TPSA) is 54.9 Å². The summed E-state index contributed by atoms with van der Waals surface area (Å²) < 4.78 is 13.4. The second-order valence-corrected chi connectivity index (χ2v) is 5.46. The number of aromatic nitrogens is 2. The number of hydrogen-bond donors (Lipinski definition) is 1. The SMILES string of the molecule is Cc1cc(C(=O)NCc2ccncc2C)c2ccc(F)cc2n1. The van der Waals surface area contributed by atoms with Crippen LogP contribution in [0.15, 0.2) is 42.7 Å². The molecule has 5 heteroatoms. The molecule has 4 nitrogen and oxygen atoms in total. The molecule has 0 bridgehead atoms. The highest BCUT2D eigenvalue weighted by Crippen LogP contribution is 2.19. The summed E-state index contributed by atoms with van der Waals surface area (Å²) in [5.74, 6) is -0.572. The fourth-order valence-electron chi connectivity index (χ4n) is 2.49. The van der Waals surface area contributed by atoms with E-state index in [1.54, 1.807) is 31.5 Å². The molecule has 0 aliphatic carbocycles. The van der Waals surface area contributed by atoms with Gasteiger partial charge in [0, 0.05) is 36.1 Å². The van der Waals surface area contributed by atoms with E-state index >= 15 is 0 Å². The number of amides is 1. The number of hydrogen-bond acceptors (Lipinski definition) is 3. The van der Waals surface area contributed by atoms with Crippen molar-refractivity contribution in [3.05, 3.63) is 70.9 Å². The highest BCUT2D eigenvalue weighted by molar-refractivity contribution is 6.06. The Morgan fingerprint density at radius 3 is 2.83 bits per heavy atom. The van der Waals surface area contributed by atoms with E-state index in [1.807, 2.05) is 13.0 Å². The van der Waals surface area contributed by atoms with E-state index in [-0.39, 0.29) is 11.7 Å². The van der Waals surface area contributed by atoms with Crippen LogP contribution < -0.4 is 5.32 Å². The summed E-state index contributed by atoms with van der Waals surface area (Å²) in [6.45, 7) is 4.15. The van der Waals surface area contributed by atoms with Gasteiger partial charge in [0.2, 0.25) is 0 Å². The number of fused-ring (bicyclic) bond motifs is 1. The molecule has 1 N–H and O–H groups in total. The number of pyridine rings is 2. The van der Waals surface area contributed by atoms with Gasteiger partial charge in [0.1, 0.15) is 5.82 Å². The number of nitrogens with one attached hydrogen (secondary N) is 1. The molecule has 0 aliphatic rings. The lowest BCUT2D eigenvalue weighted by Crippen LogP contribution is -2.23. The lowest BCUT2D eigenvalue weighted by atomic mass is 10.1. The van der Waals surface area contributed by atoms with E-state index in [9.17, 15) is 9.18 Å². The fourth-order valence-corrected chi connectivity index (χ4v) is 2.49. The Morgan fingerprint density at radius 2 is 2.04 bits per heavy atom. The predicted octanol–water partition coefficient (Wildman–Crippen LogP) is 3.32. The highest BCUT2D eigenvalue weighted by atomic mass is 19.1. The van der Waals surface area contributed by atoms with Crippen molar-refractivity contribution in [1.82, 2.24) is 15.3 Å². The van der Waals surface area contributed by atoms with Crippen molar-refractivity contribution in [3.63, 3.8) is 0 Å². The van der Waals surface area contributed by atoms with Gasteiger partial charge in [-0.3, -0.25) is 14.8 Å². The Balaban J connectivity index is 1.90. The van der Waals surface area contributed by atoms with E-state index in [1.165, 1.54) is 12.1 Å². The van der Waals surface area contributed by atoms with Crippen LogP contribution in [0.25, 0.3) is 10.9 Å². The maximum atomic E-state index is 13.4. The van der Waals surface area contributed by atoms with E-state index in [4.69, 9.17) is 0 Å². The van der Waals surface area contributed by atoms with Crippen LogP contribution in [0, 0.1) is 19.7 Å². The first-order valence-electron chi connectivity index (χ1n) is 7.29. The first-order valence-corrected chi connectivity index (χ1v) is 7.29. The summed E-state index contributed by atoms with van der Waals surface area (Å²) in [4.78, 5) is 20.9. The normalized spacial score (nSPS) is 10.7. The minimum Gasteiger partial charge on any atom is -0.348 e. The Bertz CT molecular complexity index is 887. The van der Waals surface area contributed by atoms with Crippen molar-refractivity contribution >= 4 is 16.8 Å². The number of nitrogens with zero attached hydrogens (tertiary/aromatic N) is 2. The van der Waals surface area contributed by atoms with Gasteiger partial charge in [-0.25, -0.2) is 4.39 Å². The van der Waals surface area contributed by atoms with Crippen molar-refractivity contribution in [1.29, 1.82) is 0 Å². The van der Waals surface area contributed by atoms with Crippen molar-refractivity contribution in [2.75, 3.05) is 0 Å². The third-order valence-corrected chi connectivity index (χ3v) is 3.72. The fraction of sp³-hybridized carbons (Fsp3) is 0.167. The molecule has 2 heterocycles. The van der Waals surface area contributed by atoms with Gasteiger partial charge < -0.3 is 5.32 Å². The first kappa shape index (κ1) is 15.1. The number of carbonyl (C=O) groups is 1. The second kappa shape index (κ2) is 6.12. The minimum absolute atomic E-state index is 0.205. The van der Waals surface area contributed by atoms with Crippen LogP contribution in [0.2, 0.25) is 0 Å². The molecule has 0 unspecified atom stereocenters. The molecule has 3 rings (SSSR count). The standard InChI is InChI=1S/C18H16FN3O/c1-11-9-20-6-5-13(11)10-21-18(23)16-7-12(2)22-17-8-14(19)3-4-15(16)17/h3-9H,10H2,1-2H3,(H,21,23). The van der Waals surface area contributed by atoms with Gasteiger partial charge in [-0.05, 0) is 49.2 Å². The van der Waals surface area contributed by atoms with E-state index in [0.29, 0.717) is 28.7 Å². The van der Waals surface area contributed by atoms with Crippen molar-refractivity contribution in [2.24, 2.45) is 0 Å². The molecule has 0 atom stereocenters. The largest absolute Gasteiger partial charge is 0.348 e. The average molecular weight is 309 g/mol. The van der Waals surface area contributed by atoms with Crippen LogP contribution in [-0.2, 0) is 6.54 Å². The van der Waals surface area contributed by atoms with Gasteiger partial charge in [-0.2, -0.15) is 0 Å². The third kappa shape index (κ3) is 3.18. The molecule has 116 valence electrons. The Kier molecular flexibility index (Phi) is 4.02. The van der Waals surface area contributed by atoms with Crippen molar-refractivity contribution in [2.45, 2.75) is 20.4 Å². The van der Waals surface area contributed by atoms with E-state index in [0.717, 1.165) is 11.1 Å². The van der Waals surface area contributed by atoms with Crippen LogP contribution in [0.3, 0.4) is 0 Å². The zero-order valence-corrected chi connectivity index (χ0v) is 12.9. The van der Waals surface area contributed by atoms with Crippen LogP contribution in [0.5, 0.6) is 0 Å². The van der Waals surface area contributed by atoms with Gasteiger partial charge in [-0.15, -0.1) is 0 Å². The molecule has 0 radical (unpaired) electrons. The monoisotopic (exact) mass is 309 g/mol. The zero-order chi connectivity index (χ0) is 16.4. The van der Waals surface area contributed by atoms with Crippen molar-refractivity contribution in [3.8, 4) is 0 Å². The van der Waals surface area contributed by atoms with Crippen LogP contribution in [0.1, 0.15) is 27.2 Å². The van der Waals surface area contributed by atoms with Gasteiger partial charge >= 0.3 is 0 Å². The molecule has 0 fully saturated rings. The van der Waals surface area contributed by atoms with Crippen LogP contribution in [0.4, 0.5) is 4.39 Å². The Labute approximate surface area is 133 Å². The Hall–Kier alpha value is -2.82. The smallest absolute Gasteiger partial charge is 0.252 e. The molecule has 0 saturated heterocycles. The molecule has 1 aromatic carbocycles. The van der Waals surface area contributed by atoms with Crippen LogP contribution in [-0.4, -0.2) is 15.9 Å². The summed E-state index contributed by atoms with van der Waals surface area (Å²) in [6, 6.07) is 7.86. The number of halogens is 1. The molecule has 0 spiro atoms. The quantitative estimate of drug-likeness (QED) is 0.807. The van der Waals surface area contributed by atoms with E-state index < -0.39 is 0 Å². The Morgan fingerprint density at radius 1 is 1.22 bits per heavy atom. The molecule has 0 saturated carbocycles. The summed E-state index contributed by atoms with van der Waals surface area (Å²) >= 11 is 0. The molecule has 0 aliphatic heterocycles. The zero-order valence-electron chi connectivity index (χ0n) is 12.9. The summed E-state index contributed by atoms with van der Waals surface area (Å²) in [6.07, 6.45) is 3.46. The van der Waals surface area contributed by atoms with Gasteiger partial charge in [0.15, 0.2) is 0 Å². The maximum Gasteiger partial charge on any atom is 0.252 e. The first-order chi connectivity index (χ1) is 11.0. The summed E-state index contributed by atoms with van der Waals surface area (Å²) in [7, 11) is 0. The summed E-state index contributed by atoms with van der Waals surface area (Å²) in [5, 5.41) is 3.54. The highest BCUT2D eigenvalue weighted by Gasteiger charge is 2.12. The van der Waals surface area contributed by atoms with Gasteiger partial charge in [-0.1, -0.05) is 0 Å². The predicted molar refractivity (Wildman–Crippen MR) is 86.6 cm³/mol. The lowest BCUT2D eigenvalue weighted by Gasteiger charge is -2.10. The number of rotatable bonds is 3. The number of aryl methyl sites for hydroxylation is 2. The third-order valence-electron chi connectivity index (χ3n) is 3.72. The lowest BCUT2D eigenvalue weighted by molar-refractivity contribution is 0.0952. The summed E-state index contributed by atoms with van der Waals surface area (Å²) in [5.41, 5.74) is 3.68.